The molecule has 0 amide bonds. The van der Waals surface area contributed by atoms with E-state index in [1.165, 1.54) is 6.08 Å². The third kappa shape index (κ3) is 4.12. The van der Waals surface area contributed by atoms with Crippen LogP contribution in [0.15, 0.2) is 54.3 Å². The fourth-order valence-electron chi connectivity index (χ4n) is 1.54. The monoisotopic (exact) mass is 257 g/mol. The highest BCUT2D eigenvalue weighted by molar-refractivity contribution is 5.47. The van der Waals surface area contributed by atoms with Crippen molar-refractivity contribution in [2.45, 2.75) is 6.61 Å². The highest BCUT2D eigenvalue weighted by Crippen LogP contribution is 2.12. The first-order valence-corrected chi connectivity index (χ1v) is 5.92. The summed E-state index contributed by atoms with van der Waals surface area (Å²) in [5.41, 5.74) is 1.60. The number of pyridine rings is 1. The van der Waals surface area contributed by atoms with Crippen molar-refractivity contribution in [1.82, 2.24) is 4.98 Å². The first-order valence-electron chi connectivity index (χ1n) is 5.92. The Balaban J connectivity index is 2.03. The molecule has 0 saturated carbocycles. The van der Waals surface area contributed by atoms with Crippen LogP contribution in [0.1, 0.15) is 11.3 Å². The van der Waals surface area contributed by atoms with Crippen LogP contribution in [0.2, 0.25) is 0 Å². The average molecular weight is 257 g/mol. The molecule has 0 aliphatic rings. The molecule has 0 unspecified atom stereocenters. The molecule has 2 rings (SSSR count). The first-order chi connectivity index (χ1) is 9.28. The molecular weight excluding hydrogens is 242 g/mol. The van der Waals surface area contributed by atoms with Crippen LogP contribution < -0.4 is 4.74 Å². The number of hydrogen-bond donors (Lipinski definition) is 2. The summed E-state index contributed by atoms with van der Waals surface area (Å²) in [4.78, 5) is 4.21. The van der Waals surface area contributed by atoms with Crippen LogP contribution in [-0.4, -0.2) is 21.8 Å². The average Bonchev–Trinajstić information content (AvgIpc) is 2.46. The summed E-state index contributed by atoms with van der Waals surface area (Å²) in [6.07, 6.45) is 1.40. The standard InChI is InChI=1S/C15H15NO3/c17-10-14(18)9-13-7-4-8-15(16-13)19-11-12-5-2-1-3-6-12/h1-9,17-18H,10-11H2/b14-9-. The van der Waals surface area contributed by atoms with Crippen LogP contribution >= 0.6 is 0 Å². The zero-order chi connectivity index (χ0) is 13.5. The fourth-order valence-corrected chi connectivity index (χ4v) is 1.54. The van der Waals surface area contributed by atoms with Gasteiger partial charge in [0.05, 0.1) is 5.69 Å². The molecule has 98 valence electrons. The van der Waals surface area contributed by atoms with Gasteiger partial charge in [-0.2, -0.15) is 0 Å². The second-order valence-corrected chi connectivity index (χ2v) is 3.97. The van der Waals surface area contributed by atoms with Crippen LogP contribution in [-0.2, 0) is 6.61 Å². The SMILES string of the molecule is OC/C(O)=C/c1cccc(OCc2ccccc2)n1. The minimum absolute atomic E-state index is 0.132. The smallest absolute Gasteiger partial charge is 0.214 e. The van der Waals surface area contributed by atoms with E-state index in [4.69, 9.17) is 9.84 Å². The lowest BCUT2D eigenvalue weighted by Crippen LogP contribution is -1.98. The highest BCUT2D eigenvalue weighted by atomic mass is 16.5. The van der Waals surface area contributed by atoms with Gasteiger partial charge in [-0.05, 0) is 11.6 Å². The Labute approximate surface area is 111 Å². The first kappa shape index (κ1) is 13.1. The summed E-state index contributed by atoms with van der Waals surface area (Å²) in [5.74, 6) is 0.344. The maximum atomic E-state index is 9.24. The lowest BCUT2D eigenvalue weighted by Gasteiger charge is -2.06. The van der Waals surface area contributed by atoms with Crippen molar-refractivity contribution in [2.24, 2.45) is 0 Å². The molecule has 0 atom stereocenters. The van der Waals surface area contributed by atoms with E-state index in [9.17, 15) is 5.11 Å². The van der Waals surface area contributed by atoms with Gasteiger partial charge in [-0.3, -0.25) is 0 Å². The zero-order valence-electron chi connectivity index (χ0n) is 10.4. The Kier molecular flexibility index (Phi) is 4.53. The summed E-state index contributed by atoms with van der Waals surface area (Å²) in [5, 5.41) is 18.0. The number of nitrogens with zero attached hydrogens (tertiary/aromatic N) is 1. The molecule has 0 fully saturated rings. The van der Waals surface area contributed by atoms with E-state index in [1.807, 2.05) is 30.3 Å². The van der Waals surface area contributed by atoms with Gasteiger partial charge >= 0.3 is 0 Å². The summed E-state index contributed by atoms with van der Waals surface area (Å²) in [6, 6.07) is 15.0. The molecule has 4 nitrogen and oxygen atoms in total. The van der Waals surface area contributed by atoms with Crippen molar-refractivity contribution in [3.05, 3.63) is 65.5 Å². The third-order valence-corrected chi connectivity index (χ3v) is 2.45. The lowest BCUT2D eigenvalue weighted by atomic mass is 10.2. The molecular formula is C15H15NO3. The number of rotatable bonds is 5. The van der Waals surface area contributed by atoms with Gasteiger partial charge in [-0.1, -0.05) is 36.4 Å². The molecule has 0 aliphatic heterocycles. The van der Waals surface area contributed by atoms with Gasteiger partial charge in [0.1, 0.15) is 19.0 Å². The second kappa shape index (κ2) is 6.56. The molecule has 0 bridgehead atoms. The van der Waals surface area contributed by atoms with Crippen molar-refractivity contribution in [3.8, 4) is 5.88 Å². The van der Waals surface area contributed by atoms with Crippen LogP contribution in [0.3, 0.4) is 0 Å². The molecule has 0 spiro atoms. The van der Waals surface area contributed by atoms with E-state index >= 15 is 0 Å². The van der Waals surface area contributed by atoms with Crippen molar-refractivity contribution < 1.29 is 14.9 Å². The van der Waals surface area contributed by atoms with Gasteiger partial charge in [0, 0.05) is 12.1 Å². The number of benzene rings is 1. The predicted molar refractivity (Wildman–Crippen MR) is 72.7 cm³/mol. The maximum Gasteiger partial charge on any atom is 0.214 e. The molecule has 4 heteroatoms. The zero-order valence-corrected chi connectivity index (χ0v) is 10.4. The van der Waals surface area contributed by atoms with Gasteiger partial charge in [0.15, 0.2) is 0 Å². The van der Waals surface area contributed by atoms with Gasteiger partial charge in [-0.25, -0.2) is 4.98 Å². The summed E-state index contributed by atoms with van der Waals surface area (Å²) >= 11 is 0. The fraction of sp³-hybridized carbons (Fsp3) is 0.133. The topological polar surface area (TPSA) is 62.6 Å². The summed E-state index contributed by atoms with van der Waals surface area (Å²) < 4.78 is 5.56. The van der Waals surface area contributed by atoms with E-state index in [-0.39, 0.29) is 5.76 Å². The maximum absolute atomic E-state index is 9.24. The highest BCUT2D eigenvalue weighted by Gasteiger charge is 1.99. The third-order valence-electron chi connectivity index (χ3n) is 2.45. The molecule has 19 heavy (non-hydrogen) atoms. The predicted octanol–water partition coefficient (Wildman–Crippen LogP) is 2.55. The minimum Gasteiger partial charge on any atom is -0.510 e. The molecule has 1 aromatic carbocycles. The van der Waals surface area contributed by atoms with Gasteiger partial charge in [0.2, 0.25) is 5.88 Å². The molecule has 0 saturated heterocycles. The quantitative estimate of drug-likeness (QED) is 0.808. The van der Waals surface area contributed by atoms with Crippen molar-refractivity contribution in [1.29, 1.82) is 0 Å². The van der Waals surface area contributed by atoms with Crippen molar-refractivity contribution >= 4 is 6.08 Å². The Morgan fingerprint density at radius 2 is 1.89 bits per heavy atom. The Hall–Kier alpha value is -2.33. The normalized spacial score (nSPS) is 11.3. The lowest BCUT2D eigenvalue weighted by molar-refractivity contribution is 0.256. The molecule has 2 aromatic rings. The van der Waals surface area contributed by atoms with Crippen LogP contribution in [0, 0.1) is 0 Å². The number of aliphatic hydroxyl groups excluding tert-OH is 2. The number of hydrogen-bond acceptors (Lipinski definition) is 4. The largest absolute Gasteiger partial charge is 0.510 e. The van der Waals surface area contributed by atoms with Crippen LogP contribution in [0.4, 0.5) is 0 Å². The van der Waals surface area contributed by atoms with Gasteiger partial charge in [-0.15, -0.1) is 0 Å². The van der Waals surface area contributed by atoms with Crippen molar-refractivity contribution in [2.75, 3.05) is 6.61 Å². The Morgan fingerprint density at radius 3 is 2.63 bits per heavy atom. The van der Waals surface area contributed by atoms with Crippen molar-refractivity contribution in [3.63, 3.8) is 0 Å². The number of aliphatic hydroxyl groups is 2. The molecule has 1 heterocycles. The summed E-state index contributed by atoms with van der Waals surface area (Å²) in [6.45, 7) is 0.0315. The minimum atomic E-state index is -0.406. The van der Waals surface area contributed by atoms with E-state index in [1.54, 1.807) is 18.2 Å². The van der Waals surface area contributed by atoms with Gasteiger partial charge in [0.25, 0.3) is 0 Å². The summed E-state index contributed by atoms with van der Waals surface area (Å²) in [7, 11) is 0. The number of aromatic nitrogens is 1. The molecule has 0 radical (unpaired) electrons. The van der Waals surface area contributed by atoms with E-state index in [0.29, 0.717) is 18.2 Å². The van der Waals surface area contributed by atoms with Crippen LogP contribution in [0.25, 0.3) is 6.08 Å². The second-order valence-electron chi connectivity index (χ2n) is 3.97. The van der Waals surface area contributed by atoms with E-state index in [0.717, 1.165) is 5.56 Å². The van der Waals surface area contributed by atoms with Crippen LogP contribution in [0.5, 0.6) is 5.88 Å². The van der Waals surface area contributed by atoms with E-state index in [2.05, 4.69) is 4.98 Å². The molecule has 0 aliphatic carbocycles. The Morgan fingerprint density at radius 1 is 1.11 bits per heavy atom. The number of ether oxygens (including phenoxy) is 1. The molecule has 2 N–H and O–H groups in total. The van der Waals surface area contributed by atoms with Gasteiger partial charge < -0.3 is 14.9 Å². The Bertz CT molecular complexity index is 552. The van der Waals surface area contributed by atoms with E-state index < -0.39 is 6.61 Å². The molecule has 1 aromatic heterocycles.